The lowest BCUT2D eigenvalue weighted by molar-refractivity contribution is -0.192. The Hall–Kier alpha value is -1.76. The number of alkyl halides is 3. The van der Waals surface area contributed by atoms with Crippen molar-refractivity contribution in [3.05, 3.63) is 29.6 Å². The molecule has 3 heterocycles. The highest BCUT2D eigenvalue weighted by molar-refractivity contribution is 7.89. The SMILES string of the molecule is CCCS(=O)(=O)N1CC2(CC(OCc3cnccc3C)CCO2)C1.O=C(O)C(F)(F)F. The van der Waals surface area contributed by atoms with Gasteiger partial charge in [-0.15, -0.1) is 0 Å². The number of carbonyl (C=O) groups is 1. The van der Waals surface area contributed by atoms with Crippen LogP contribution in [0.5, 0.6) is 0 Å². The zero-order valence-corrected chi connectivity index (χ0v) is 18.2. The first kappa shape index (κ1) is 25.5. The van der Waals surface area contributed by atoms with Gasteiger partial charge in [-0.1, -0.05) is 6.92 Å². The standard InChI is InChI=1S/C17H26N2O4S.C2HF3O2/c1-3-8-24(20,21)19-12-17(13-19)9-16(5-7-23-17)22-11-15-10-18-6-4-14(15)2;3-2(4,5)1(6)7/h4,6,10,16H,3,5,7-9,11-13H2,1-2H3;(H,6,7). The monoisotopic (exact) mass is 468 g/mol. The van der Waals surface area contributed by atoms with E-state index in [1.54, 1.807) is 10.5 Å². The molecule has 1 aromatic rings. The maximum absolute atomic E-state index is 12.1. The Morgan fingerprint density at radius 1 is 1.42 bits per heavy atom. The number of hydrogen-bond acceptors (Lipinski definition) is 6. The normalized spacial score (nSPS) is 21.1. The van der Waals surface area contributed by atoms with Gasteiger partial charge in [-0.05, 0) is 37.0 Å². The molecule has 1 N–H and O–H groups in total. The van der Waals surface area contributed by atoms with E-state index >= 15 is 0 Å². The molecular formula is C19H27F3N2O6S. The summed E-state index contributed by atoms with van der Waals surface area (Å²) in [5.41, 5.74) is 1.92. The van der Waals surface area contributed by atoms with Gasteiger partial charge in [0.05, 0.1) is 24.1 Å². The third-order valence-electron chi connectivity index (χ3n) is 5.10. The van der Waals surface area contributed by atoms with Gasteiger partial charge in [0, 0.05) is 38.5 Å². The van der Waals surface area contributed by atoms with Crippen LogP contribution in [-0.4, -0.2) is 72.1 Å². The van der Waals surface area contributed by atoms with E-state index in [0.29, 0.717) is 32.7 Å². The van der Waals surface area contributed by atoms with Crippen LogP contribution in [0.2, 0.25) is 0 Å². The molecule has 1 unspecified atom stereocenters. The summed E-state index contributed by atoms with van der Waals surface area (Å²) in [6.07, 6.45) is 0.889. The van der Waals surface area contributed by atoms with Crippen molar-refractivity contribution in [2.24, 2.45) is 0 Å². The molecule has 2 aliphatic heterocycles. The predicted octanol–water partition coefficient (Wildman–Crippen LogP) is 2.51. The molecular weight excluding hydrogens is 441 g/mol. The Balaban J connectivity index is 0.000000423. The molecule has 8 nitrogen and oxygen atoms in total. The van der Waals surface area contributed by atoms with Crippen molar-refractivity contribution in [1.82, 2.24) is 9.29 Å². The minimum atomic E-state index is -5.08. The lowest BCUT2D eigenvalue weighted by Crippen LogP contribution is -2.67. The summed E-state index contributed by atoms with van der Waals surface area (Å²) < 4.78 is 69.5. The summed E-state index contributed by atoms with van der Waals surface area (Å²) >= 11 is 0. The van der Waals surface area contributed by atoms with Crippen LogP contribution in [0.1, 0.15) is 37.3 Å². The molecule has 2 aliphatic rings. The second-order valence-corrected chi connectivity index (χ2v) is 9.73. The van der Waals surface area contributed by atoms with Crippen LogP contribution in [0.3, 0.4) is 0 Å². The second kappa shape index (κ2) is 10.2. The van der Waals surface area contributed by atoms with E-state index in [-0.39, 0.29) is 17.5 Å². The summed E-state index contributed by atoms with van der Waals surface area (Å²) in [4.78, 5) is 13.0. The number of sulfonamides is 1. The number of aliphatic carboxylic acids is 1. The molecule has 0 aromatic carbocycles. The fourth-order valence-electron chi connectivity index (χ4n) is 3.38. The molecule has 2 fully saturated rings. The molecule has 0 bridgehead atoms. The maximum atomic E-state index is 12.1. The summed E-state index contributed by atoms with van der Waals surface area (Å²) in [7, 11) is -3.12. The molecule has 0 saturated carbocycles. The second-order valence-electron chi connectivity index (χ2n) is 7.65. The van der Waals surface area contributed by atoms with Gasteiger partial charge in [-0.3, -0.25) is 4.98 Å². The molecule has 1 aromatic heterocycles. The summed E-state index contributed by atoms with van der Waals surface area (Å²) in [5, 5.41) is 7.12. The molecule has 31 heavy (non-hydrogen) atoms. The number of ether oxygens (including phenoxy) is 2. The number of nitrogens with zero attached hydrogens (tertiary/aromatic N) is 2. The molecule has 2 saturated heterocycles. The average Bonchev–Trinajstić information content (AvgIpc) is 2.65. The third-order valence-corrected chi connectivity index (χ3v) is 7.07. The van der Waals surface area contributed by atoms with Crippen molar-refractivity contribution in [2.75, 3.05) is 25.4 Å². The molecule has 0 aliphatic carbocycles. The zero-order chi connectivity index (χ0) is 23.3. The van der Waals surface area contributed by atoms with Crippen LogP contribution in [0.4, 0.5) is 13.2 Å². The molecule has 1 atom stereocenters. The maximum Gasteiger partial charge on any atom is 0.490 e. The number of rotatable bonds is 6. The minimum Gasteiger partial charge on any atom is -0.475 e. The van der Waals surface area contributed by atoms with E-state index in [2.05, 4.69) is 4.98 Å². The van der Waals surface area contributed by atoms with E-state index < -0.39 is 22.2 Å². The van der Waals surface area contributed by atoms with Crippen molar-refractivity contribution in [3.8, 4) is 0 Å². The first-order chi connectivity index (χ1) is 14.4. The van der Waals surface area contributed by atoms with Gasteiger partial charge in [0.1, 0.15) is 0 Å². The minimum absolute atomic E-state index is 0.106. The van der Waals surface area contributed by atoms with Gasteiger partial charge in [0.15, 0.2) is 0 Å². The fourth-order valence-corrected chi connectivity index (χ4v) is 5.02. The Labute approximate surface area is 179 Å². The van der Waals surface area contributed by atoms with Gasteiger partial charge in [-0.25, -0.2) is 13.2 Å². The number of halogens is 3. The largest absolute Gasteiger partial charge is 0.490 e. The van der Waals surface area contributed by atoms with E-state index in [9.17, 15) is 21.6 Å². The van der Waals surface area contributed by atoms with E-state index in [4.69, 9.17) is 19.4 Å². The number of aromatic nitrogens is 1. The zero-order valence-electron chi connectivity index (χ0n) is 17.4. The lowest BCUT2D eigenvalue weighted by Gasteiger charge is -2.52. The van der Waals surface area contributed by atoms with Gasteiger partial charge in [0.25, 0.3) is 0 Å². The summed E-state index contributed by atoms with van der Waals surface area (Å²) in [6.45, 7) is 6.02. The van der Waals surface area contributed by atoms with Gasteiger partial charge in [0.2, 0.25) is 10.0 Å². The van der Waals surface area contributed by atoms with Gasteiger partial charge >= 0.3 is 12.1 Å². The average molecular weight is 468 g/mol. The first-order valence-corrected chi connectivity index (χ1v) is 11.4. The third kappa shape index (κ3) is 7.13. The molecule has 3 rings (SSSR count). The Bertz CT molecular complexity index is 856. The molecule has 1 spiro atoms. The van der Waals surface area contributed by atoms with Crippen molar-refractivity contribution >= 4 is 16.0 Å². The van der Waals surface area contributed by atoms with Crippen LogP contribution < -0.4 is 0 Å². The van der Waals surface area contributed by atoms with Crippen LogP contribution in [0, 0.1) is 6.92 Å². The highest BCUT2D eigenvalue weighted by Crippen LogP contribution is 2.37. The van der Waals surface area contributed by atoms with Crippen molar-refractivity contribution in [1.29, 1.82) is 0 Å². The Morgan fingerprint density at radius 3 is 2.61 bits per heavy atom. The molecule has 0 amide bonds. The number of hydrogen-bond donors (Lipinski definition) is 1. The van der Waals surface area contributed by atoms with E-state index in [0.717, 1.165) is 18.4 Å². The molecule has 12 heteroatoms. The topological polar surface area (TPSA) is 106 Å². The van der Waals surface area contributed by atoms with Gasteiger partial charge < -0.3 is 14.6 Å². The quantitative estimate of drug-likeness (QED) is 0.684. The van der Waals surface area contributed by atoms with E-state index in [1.165, 1.54) is 5.56 Å². The highest BCUT2D eigenvalue weighted by atomic mass is 32.2. The Kier molecular flexibility index (Phi) is 8.42. The number of aryl methyl sites for hydroxylation is 1. The first-order valence-electron chi connectivity index (χ1n) is 9.81. The highest BCUT2D eigenvalue weighted by Gasteiger charge is 2.51. The lowest BCUT2D eigenvalue weighted by atomic mass is 9.86. The fraction of sp³-hybridized carbons (Fsp3) is 0.684. The number of carboxylic acids is 1. The predicted molar refractivity (Wildman–Crippen MR) is 105 cm³/mol. The molecule has 176 valence electrons. The van der Waals surface area contributed by atoms with Crippen molar-refractivity contribution < 1.29 is 41.0 Å². The van der Waals surface area contributed by atoms with Crippen molar-refractivity contribution in [2.45, 2.75) is 57.6 Å². The smallest absolute Gasteiger partial charge is 0.475 e. The summed E-state index contributed by atoms with van der Waals surface area (Å²) in [6, 6.07) is 1.98. The van der Waals surface area contributed by atoms with Crippen LogP contribution in [0.25, 0.3) is 0 Å². The van der Waals surface area contributed by atoms with Crippen LogP contribution in [-0.2, 0) is 30.9 Å². The number of carboxylic acid groups (broad SMARTS) is 1. The number of pyridine rings is 1. The van der Waals surface area contributed by atoms with Crippen LogP contribution >= 0.6 is 0 Å². The van der Waals surface area contributed by atoms with Crippen molar-refractivity contribution in [3.63, 3.8) is 0 Å². The van der Waals surface area contributed by atoms with E-state index in [1.807, 2.05) is 26.1 Å². The molecule has 0 radical (unpaired) electrons. The van der Waals surface area contributed by atoms with Crippen LogP contribution in [0.15, 0.2) is 18.5 Å². The summed E-state index contributed by atoms with van der Waals surface area (Å²) in [5.74, 6) is -2.55. The van der Waals surface area contributed by atoms with Gasteiger partial charge in [-0.2, -0.15) is 17.5 Å². The Morgan fingerprint density at radius 2 is 2.06 bits per heavy atom.